The lowest BCUT2D eigenvalue weighted by Crippen LogP contribution is -2.42. The van der Waals surface area contributed by atoms with Crippen LogP contribution in [0.25, 0.3) is 0 Å². The Morgan fingerprint density at radius 1 is 1.35 bits per heavy atom. The van der Waals surface area contributed by atoms with E-state index in [1.165, 1.54) is 0 Å². The molecule has 2 saturated heterocycles. The molecular weight excluding hydrogens is 274 g/mol. The minimum Gasteiger partial charge on any atom is -0.376 e. The van der Waals surface area contributed by atoms with E-state index in [1.807, 2.05) is 24.0 Å². The summed E-state index contributed by atoms with van der Waals surface area (Å²) in [5.41, 5.74) is 1.68. The Morgan fingerprint density at radius 2 is 2.20 bits per heavy atom. The molecule has 0 N–H and O–H groups in total. The maximum atomic E-state index is 12.7. The van der Waals surface area contributed by atoms with E-state index in [1.54, 1.807) is 6.07 Å². The van der Waals surface area contributed by atoms with Crippen LogP contribution in [-0.2, 0) is 4.74 Å². The predicted octanol–water partition coefficient (Wildman–Crippen LogP) is 3.43. The summed E-state index contributed by atoms with van der Waals surface area (Å²) in [6, 6.07) is 5.76. The number of carbonyl (C=O) groups is 1. The Hall–Kier alpha value is -1.06. The molecule has 108 valence electrons. The van der Waals surface area contributed by atoms with Gasteiger partial charge in [0, 0.05) is 23.7 Å². The van der Waals surface area contributed by atoms with E-state index in [2.05, 4.69) is 0 Å². The van der Waals surface area contributed by atoms with Crippen LogP contribution in [0.1, 0.15) is 41.6 Å². The van der Waals surface area contributed by atoms with Crippen molar-refractivity contribution < 1.29 is 9.53 Å². The van der Waals surface area contributed by atoms with Crippen molar-refractivity contribution in [3.05, 3.63) is 34.3 Å². The van der Waals surface area contributed by atoms with E-state index in [0.717, 1.165) is 50.0 Å². The van der Waals surface area contributed by atoms with Crippen LogP contribution in [0, 0.1) is 6.92 Å². The van der Waals surface area contributed by atoms with Crippen LogP contribution in [0.4, 0.5) is 0 Å². The number of ether oxygens (including phenoxy) is 1. The van der Waals surface area contributed by atoms with E-state index in [-0.39, 0.29) is 18.1 Å². The molecular formula is C16H20ClNO2. The molecule has 2 fully saturated rings. The van der Waals surface area contributed by atoms with E-state index >= 15 is 0 Å². The van der Waals surface area contributed by atoms with Crippen molar-refractivity contribution in [2.75, 3.05) is 13.2 Å². The van der Waals surface area contributed by atoms with Gasteiger partial charge in [-0.15, -0.1) is 0 Å². The summed E-state index contributed by atoms with van der Waals surface area (Å²) in [5.74, 6) is 0.114. The second-order valence-corrected chi connectivity index (χ2v) is 6.13. The van der Waals surface area contributed by atoms with Gasteiger partial charge in [0.2, 0.25) is 0 Å². The zero-order chi connectivity index (χ0) is 14.1. The summed E-state index contributed by atoms with van der Waals surface area (Å²) in [4.78, 5) is 14.7. The Labute approximate surface area is 124 Å². The molecule has 0 bridgehead atoms. The van der Waals surface area contributed by atoms with Crippen LogP contribution >= 0.6 is 11.6 Å². The van der Waals surface area contributed by atoms with Crippen LogP contribution in [0.5, 0.6) is 0 Å². The quantitative estimate of drug-likeness (QED) is 0.836. The van der Waals surface area contributed by atoms with Crippen molar-refractivity contribution in [2.24, 2.45) is 0 Å². The molecule has 2 heterocycles. The first kappa shape index (κ1) is 13.9. The van der Waals surface area contributed by atoms with Gasteiger partial charge in [0.25, 0.3) is 5.91 Å². The third-order valence-electron chi connectivity index (χ3n) is 4.36. The van der Waals surface area contributed by atoms with Crippen molar-refractivity contribution in [1.82, 2.24) is 4.90 Å². The molecule has 1 aromatic rings. The fourth-order valence-electron chi connectivity index (χ4n) is 3.28. The van der Waals surface area contributed by atoms with Crippen molar-refractivity contribution >= 4 is 17.5 Å². The Morgan fingerprint density at radius 3 is 2.90 bits per heavy atom. The first-order valence-corrected chi connectivity index (χ1v) is 7.73. The van der Waals surface area contributed by atoms with Gasteiger partial charge in [-0.3, -0.25) is 4.79 Å². The van der Waals surface area contributed by atoms with Crippen LogP contribution in [-0.4, -0.2) is 36.1 Å². The maximum Gasteiger partial charge on any atom is 0.254 e. The lowest BCUT2D eigenvalue weighted by atomic mass is 10.0. The summed E-state index contributed by atoms with van der Waals surface area (Å²) in [5, 5.41) is 0.707. The first-order valence-electron chi connectivity index (χ1n) is 7.35. The normalized spacial score (nSPS) is 26.2. The van der Waals surface area contributed by atoms with Crippen molar-refractivity contribution in [2.45, 2.75) is 44.8 Å². The molecule has 4 heteroatoms. The first-order chi connectivity index (χ1) is 9.66. The SMILES string of the molecule is Cc1cc(C(=O)N2CCC[C@@H]2[C@@H]2CCCO2)ccc1Cl. The van der Waals surface area contributed by atoms with Gasteiger partial charge < -0.3 is 9.64 Å². The monoisotopic (exact) mass is 293 g/mol. The average Bonchev–Trinajstić information content (AvgIpc) is 3.10. The number of hydrogen-bond acceptors (Lipinski definition) is 2. The summed E-state index contributed by atoms with van der Waals surface area (Å²) in [6.45, 7) is 3.61. The highest BCUT2D eigenvalue weighted by atomic mass is 35.5. The molecule has 1 aromatic carbocycles. The van der Waals surface area contributed by atoms with Gasteiger partial charge >= 0.3 is 0 Å². The van der Waals surface area contributed by atoms with Gasteiger partial charge in [-0.05, 0) is 56.4 Å². The molecule has 0 aliphatic carbocycles. The topological polar surface area (TPSA) is 29.5 Å². The van der Waals surface area contributed by atoms with Crippen LogP contribution in [0.15, 0.2) is 18.2 Å². The third-order valence-corrected chi connectivity index (χ3v) is 4.78. The Kier molecular flexibility index (Phi) is 3.99. The molecule has 3 rings (SSSR count). The molecule has 0 radical (unpaired) electrons. The van der Waals surface area contributed by atoms with E-state index in [0.29, 0.717) is 5.02 Å². The summed E-state index contributed by atoms with van der Waals surface area (Å²) < 4.78 is 5.78. The number of rotatable bonds is 2. The minimum absolute atomic E-state index is 0.114. The van der Waals surface area contributed by atoms with Gasteiger partial charge in [-0.25, -0.2) is 0 Å². The molecule has 0 unspecified atom stereocenters. The number of amides is 1. The number of benzene rings is 1. The van der Waals surface area contributed by atoms with E-state index in [4.69, 9.17) is 16.3 Å². The number of hydrogen-bond donors (Lipinski definition) is 0. The highest BCUT2D eigenvalue weighted by molar-refractivity contribution is 6.31. The maximum absolute atomic E-state index is 12.7. The number of aryl methyl sites for hydroxylation is 1. The van der Waals surface area contributed by atoms with Gasteiger partial charge in [0.1, 0.15) is 0 Å². The molecule has 3 nitrogen and oxygen atoms in total. The Bertz CT molecular complexity index is 511. The van der Waals surface area contributed by atoms with Crippen molar-refractivity contribution in [1.29, 1.82) is 0 Å². The van der Waals surface area contributed by atoms with E-state index < -0.39 is 0 Å². The summed E-state index contributed by atoms with van der Waals surface area (Å²) >= 11 is 6.03. The number of halogens is 1. The highest BCUT2D eigenvalue weighted by Crippen LogP contribution is 2.29. The van der Waals surface area contributed by atoms with Gasteiger partial charge in [0.05, 0.1) is 12.1 Å². The minimum atomic E-state index is 0.114. The van der Waals surface area contributed by atoms with Crippen molar-refractivity contribution in [3.63, 3.8) is 0 Å². The summed E-state index contributed by atoms with van der Waals surface area (Å²) in [7, 11) is 0. The number of carbonyl (C=O) groups excluding carboxylic acids is 1. The molecule has 2 aliphatic rings. The molecule has 1 amide bonds. The standard InChI is InChI=1S/C16H20ClNO2/c1-11-10-12(6-7-13(11)17)16(19)18-8-2-4-14(18)15-5-3-9-20-15/h6-7,10,14-15H,2-5,8-9H2,1H3/t14-,15+/m1/s1. The Balaban J connectivity index is 1.79. The zero-order valence-corrected chi connectivity index (χ0v) is 12.5. The lowest BCUT2D eigenvalue weighted by Gasteiger charge is -2.29. The average molecular weight is 294 g/mol. The van der Waals surface area contributed by atoms with Gasteiger partial charge in [-0.2, -0.15) is 0 Å². The number of likely N-dealkylation sites (tertiary alicyclic amines) is 1. The zero-order valence-electron chi connectivity index (χ0n) is 11.8. The van der Waals surface area contributed by atoms with Crippen LogP contribution in [0.3, 0.4) is 0 Å². The van der Waals surface area contributed by atoms with Crippen molar-refractivity contribution in [3.8, 4) is 0 Å². The molecule has 0 saturated carbocycles. The lowest BCUT2D eigenvalue weighted by molar-refractivity contribution is 0.0341. The largest absolute Gasteiger partial charge is 0.376 e. The second kappa shape index (κ2) is 5.74. The van der Waals surface area contributed by atoms with Gasteiger partial charge in [0.15, 0.2) is 0 Å². The highest BCUT2D eigenvalue weighted by Gasteiger charge is 2.37. The predicted molar refractivity (Wildman–Crippen MR) is 79.2 cm³/mol. The molecule has 0 spiro atoms. The summed E-state index contributed by atoms with van der Waals surface area (Å²) in [6.07, 6.45) is 4.55. The third kappa shape index (κ3) is 2.57. The van der Waals surface area contributed by atoms with Crippen LogP contribution < -0.4 is 0 Å². The fourth-order valence-corrected chi connectivity index (χ4v) is 3.40. The molecule has 2 atom stereocenters. The van der Waals surface area contributed by atoms with Gasteiger partial charge in [-0.1, -0.05) is 11.6 Å². The fraction of sp³-hybridized carbons (Fsp3) is 0.562. The molecule has 2 aliphatic heterocycles. The molecule has 0 aromatic heterocycles. The van der Waals surface area contributed by atoms with Crippen LogP contribution in [0.2, 0.25) is 5.02 Å². The smallest absolute Gasteiger partial charge is 0.254 e. The number of nitrogens with zero attached hydrogens (tertiary/aromatic N) is 1. The van der Waals surface area contributed by atoms with E-state index in [9.17, 15) is 4.79 Å². The molecule has 20 heavy (non-hydrogen) atoms. The second-order valence-electron chi connectivity index (χ2n) is 5.72.